The first kappa shape index (κ1) is 15.2. The Morgan fingerprint density at radius 1 is 1.00 bits per heavy atom. The summed E-state index contributed by atoms with van der Waals surface area (Å²) < 4.78 is 51.5. The summed E-state index contributed by atoms with van der Waals surface area (Å²) in [6, 6.07) is 11.1. The van der Waals surface area contributed by atoms with Gasteiger partial charge in [0, 0.05) is 12.0 Å². The number of hydrogen-bond acceptors (Lipinski definition) is 1. The first-order valence-corrected chi connectivity index (χ1v) is 6.32. The molecule has 0 fully saturated rings. The Morgan fingerprint density at radius 3 is 2.29 bits per heavy atom. The largest absolute Gasteiger partial charge is 0.417 e. The fraction of sp³-hybridized carbons (Fsp3) is 0.188. The number of carbonyl (C=O) groups excluding carboxylic acids is 1. The Hall–Kier alpha value is -2.17. The van der Waals surface area contributed by atoms with Gasteiger partial charge in [0.1, 0.15) is 5.82 Å². The van der Waals surface area contributed by atoms with Crippen molar-refractivity contribution < 1.29 is 22.4 Å². The Morgan fingerprint density at radius 2 is 1.67 bits per heavy atom. The second-order valence-corrected chi connectivity index (χ2v) is 4.60. The van der Waals surface area contributed by atoms with Crippen molar-refractivity contribution in [2.75, 3.05) is 0 Å². The van der Waals surface area contributed by atoms with Crippen molar-refractivity contribution in [3.8, 4) is 0 Å². The number of aryl methyl sites for hydroxylation is 1. The third-order valence-corrected chi connectivity index (χ3v) is 3.07. The summed E-state index contributed by atoms with van der Waals surface area (Å²) in [6.07, 6.45) is -4.47. The smallest absolute Gasteiger partial charge is 0.294 e. The van der Waals surface area contributed by atoms with Crippen LogP contribution >= 0.6 is 0 Å². The topological polar surface area (TPSA) is 17.1 Å². The molecule has 0 radical (unpaired) electrons. The SMILES string of the molecule is O=C(CCc1ccccc1)c1ccc(F)cc1C(F)(F)F. The number of ketones is 1. The monoisotopic (exact) mass is 296 g/mol. The van der Waals surface area contributed by atoms with Crippen molar-refractivity contribution in [2.24, 2.45) is 0 Å². The van der Waals surface area contributed by atoms with E-state index in [0.29, 0.717) is 12.5 Å². The van der Waals surface area contributed by atoms with Crippen molar-refractivity contribution in [2.45, 2.75) is 19.0 Å². The number of hydrogen-bond donors (Lipinski definition) is 0. The van der Waals surface area contributed by atoms with Gasteiger partial charge in [-0.05, 0) is 30.2 Å². The van der Waals surface area contributed by atoms with E-state index >= 15 is 0 Å². The first-order chi connectivity index (χ1) is 9.88. The molecule has 0 unspecified atom stereocenters. The number of benzene rings is 2. The molecular weight excluding hydrogens is 284 g/mol. The first-order valence-electron chi connectivity index (χ1n) is 6.32. The van der Waals surface area contributed by atoms with Crippen molar-refractivity contribution >= 4 is 5.78 Å². The summed E-state index contributed by atoms with van der Waals surface area (Å²) in [5.41, 5.74) is -0.845. The molecular formula is C16H12F4O. The van der Waals surface area contributed by atoms with E-state index in [1.54, 1.807) is 24.3 Å². The van der Waals surface area contributed by atoms with Gasteiger partial charge in [0.15, 0.2) is 5.78 Å². The van der Waals surface area contributed by atoms with Gasteiger partial charge >= 0.3 is 6.18 Å². The molecule has 0 aliphatic carbocycles. The second-order valence-electron chi connectivity index (χ2n) is 4.60. The van der Waals surface area contributed by atoms with Crippen LogP contribution in [0.4, 0.5) is 17.6 Å². The molecule has 0 aromatic heterocycles. The third kappa shape index (κ3) is 3.90. The van der Waals surface area contributed by atoms with Crippen LogP contribution in [-0.2, 0) is 12.6 Å². The summed E-state index contributed by atoms with van der Waals surface area (Å²) in [5.74, 6) is -1.66. The second kappa shape index (κ2) is 6.08. The highest BCUT2D eigenvalue weighted by atomic mass is 19.4. The minimum Gasteiger partial charge on any atom is -0.294 e. The molecule has 0 atom stereocenters. The number of alkyl halides is 3. The van der Waals surface area contributed by atoms with Crippen LogP contribution in [0.1, 0.15) is 27.9 Å². The fourth-order valence-corrected chi connectivity index (χ4v) is 2.03. The molecule has 0 aliphatic heterocycles. The molecule has 0 saturated heterocycles. The molecule has 21 heavy (non-hydrogen) atoms. The van der Waals surface area contributed by atoms with Crippen molar-refractivity contribution in [3.63, 3.8) is 0 Å². The molecule has 2 aromatic rings. The molecule has 0 aliphatic rings. The van der Waals surface area contributed by atoms with Gasteiger partial charge in [-0.15, -0.1) is 0 Å². The van der Waals surface area contributed by atoms with Crippen LogP contribution in [0.2, 0.25) is 0 Å². The van der Waals surface area contributed by atoms with Crippen LogP contribution in [-0.4, -0.2) is 5.78 Å². The van der Waals surface area contributed by atoms with Gasteiger partial charge in [0.05, 0.1) is 5.56 Å². The minimum absolute atomic E-state index is 0.0568. The summed E-state index contributed by atoms with van der Waals surface area (Å²) in [7, 11) is 0. The molecule has 5 heteroatoms. The molecule has 0 N–H and O–H groups in total. The lowest BCUT2D eigenvalue weighted by Gasteiger charge is -2.12. The van der Waals surface area contributed by atoms with E-state index in [0.717, 1.165) is 17.7 Å². The molecule has 0 saturated carbocycles. The molecule has 110 valence electrons. The maximum absolute atomic E-state index is 13.0. The molecule has 0 spiro atoms. The number of Topliss-reactive ketones (excluding diaryl/α,β-unsaturated/α-hetero) is 1. The molecule has 2 rings (SSSR count). The molecule has 2 aromatic carbocycles. The zero-order valence-corrected chi connectivity index (χ0v) is 11.0. The highest BCUT2D eigenvalue weighted by molar-refractivity contribution is 5.97. The lowest BCUT2D eigenvalue weighted by Crippen LogP contribution is -2.14. The predicted molar refractivity (Wildman–Crippen MR) is 70.5 cm³/mol. The quantitative estimate of drug-likeness (QED) is 0.592. The molecule has 0 amide bonds. The Bertz CT molecular complexity index is 632. The lowest BCUT2D eigenvalue weighted by molar-refractivity contribution is -0.138. The van der Waals surface area contributed by atoms with Gasteiger partial charge in [-0.3, -0.25) is 4.79 Å². The lowest BCUT2D eigenvalue weighted by atomic mass is 9.98. The molecule has 0 heterocycles. The summed E-state index contributed by atoms with van der Waals surface area (Å²) in [6.45, 7) is 0. The van der Waals surface area contributed by atoms with Gasteiger partial charge in [0.2, 0.25) is 0 Å². The highest BCUT2D eigenvalue weighted by Gasteiger charge is 2.35. The normalized spacial score (nSPS) is 11.4. The number of rotatable bonds is 4. The zero-order valence-electron chi connectivity index (χ0n) is 11.0. The van der Waals surface area contributed by atoms with Gasteiger partial charge in [-0.25, -0.2) is 4.39 Å². The third-order valence-electron chi connectivity index (χ3n) is 3.07. The maximum Gasteiger partial charge on any atom is 0.417 e. The Kier molecular flexibility index (Phi) is 4.40. The fourth-order valence-electron chi connectivity index (χ4n) is 2.03. The standard InChI is InChI=1S/C16H12F4O/c17-12-7-8-13(14(10-12)16(18,19)20)15(21)9-6-11-4-2-1-3-5-11/h1-5,7-8,10H,6,9H2. The van der Waals surface area contributed by atoms with Crippen LogP contribution in [0.25, 0.3) is 0 Å². The van der Waals surface area contributed by atoms with Crippen LogP contribution in [0, 0.1) is 5.82 Å². The number of halogens is 4. The minimum atomic E-state index is -4.75. The maximum atomic E-state index is 13.0. The van der Waals surface area contributed by atoms with Crippen LogP contribution < -0.4 is 0 Å². The van der Waals surface area contributed by atoms with Crippen molar-refractivity contribution in [1.82, 2.24) is 0 Å². The van der Waals surface area contributed by atoms with Crippen LogP contribution in [0.3, 0.4) is 0 Å². The van der Waals surface area contributed by atoms with E-state index in [4.69, 9.17) is 0 Å². The van der Waals surface area contributed by atoms with Crippen LogP contribution in [0.15, 0.2) is 48.5 Å². The van der Waals surface area contributed by atoms with Crippen LogP contribution in [0.5, 0.6) is 0 Å². The van der Waals surface area contributed by atoms with E-state index in [2.05, 4.69) is 0 Å². The van der Waals surface area contributed by atoms with Gasteiger partial charge in [-0.2, -0.15) is 13.2 Å². The highest BCUT2D eigenvalue weighted by Crippen LogP contribution is 2.33. The van der Waals surface area contributed by atoms with E-state index < -0.39 is 28.9 Å². The van der Waals surface area contributed by atoms with Gasteiger partial charge in [-0.1, -0.05) is 30.3 Å². The average molecular weight is 296 g/mol. The number of carbonyl (C=O) groups is 1. The van der Waals surface area contributed by atoms with Crippen molar-refractivity contribution in [1.29, 1.82) is 0 Å². The van der Waals surface area contributed by atoms with Gasteiger partial charge in [0.25, 0.3) is 0 Å². The average Bonchev–Trinajstić information content (AvgIpc) is 2.45. The van der Waals surface area contributed by atoms with E-state index in [1.807, 2.05) is 6.07 Å². The van der Waals surface area contributed by atoms with E-state index in [9.17, 15) is 22.4 Å². The Labute approximate surface area is 119 Å². The van der Waals surface area contributed by atoms with Crippen molar-refractivity contribution in [3.05, 3.63) is 71.0 Å². The molecule has 1 nitrogen and oxygen atoms in total. The van der Waals surface area contributed by atoms with E-state index in [1.165, 1.54) is 0 Å². The summed E-state index contributed by atoms with van der Waals surface area (Å²) in [4.78, 5) is 12.0. The van der Waals surface area contributed by atoms with E-state index in [-0.39, 0.29) is 6.42 Å². The zero-order chi connectivity index (χ0) is 15.5. The predicted octanol–water partition coefficient (Wildman–Crippen LogP) is 4.66. The Balaban J connectivity index is 2.20. The summed E-state index contributed by atoms with van der Waals surface area (Å²) in [5, 5.41) is 0. The molecule has 0 bridgehead atoms. The van der Waals surface area contributed by atoms with Gasteiger partial charge < -0.3 is 0 Å². The summed E-state index contributed by atoms with van der Waals surface area (Å²) >= 11 is 0.